The van der Waals surface area contributed by atoms with Gasteiger partial charge in [-0.1, -0.05) is 28.1 Å². The lowest BCUT2D eigenvalue weighted by molar-refractivity contribution is 0.0952. The van der Waals surface area contributed by atoms with E-state index in [2.05, 4.69) is 20.9 Å². The second-order valence-electron chi connectivity index (χ2n) is 6.69. The molecule has 0 saturated heterocycles. The van der Waals surface area contributed by atoms with Crippen molar-refractivity contribution in [1.82, 2.24) is 4.98 Å². The van der Waals surface area contributed by atoms with Crippen LogP contribution in [0.15, 0.2) is 91.1 Å². The van der Waals surface area contributed by atoms with Crippen molar-refractivity contribution in [2.45, 2.75) is 23.5 Å². The Morgan fingerprint density at radius 3 is 2.55 bits per heavy atom. The monoisotopic (exact) mass is 516 g/mol. The number of nitrogens with zero attached hydrogens (tertiary/aromatic N) is 2. The third kappa shape index (κ3) is 4.48. The van der Waals surface area contributed by atoms with Gasteiger partial charge < -0.3 is 4.42 Å². The van der Waals surface area contributed by atoms with E-state index < -0.39 is 15.7 Å². The maximum absolute atomic E-state index is 13.3. The van der Waals surface area contributed by atoms with Gasteiger partial charge in [-0.25, -0.2) is 13.4 Å². The molecular formula is C22H17BrN2O4S2. The summed E-state index contributed by atoms with van der Waals surface area (Å²) in [6.45, 7) is 2.16. The van der Waals surface area contributed by atoms with Gasteiger partial charge in [0.25, 0.3) is 5.91 Å². The standard InChI is InChI=1S/C22H17BrN2O4S2/c1-15-4-2-12-24-21(15)25(14-17-5-3-13-30-17)22(26)19-10-11-20(29-19)31(27,28)18-8-6-16(23)7-9-18/h2-13H,14H2,1H3. The van der Waals surface area contributed by atoms with Crippen molar-refractivity contribution < 1.29 is 17.6 Å². The lowest BCUT2D eigenvalue weighted by Crippen LogP contribution is -2.31. The summed E-state index contributed by atoms with van der Waals surface area (Å²) in [4.78, 5) is 20.2. The number of halogens is 1. The zero-order valence-corrected chi connectivity index (χ0v) is 19.6. The lowest BCUT2D eigenvalue weighted by Gasteiger charge is -2.21. The molecule has 4 aromatic rings. The van der Waals surface area contributed by atoms with E-state index in [4.69, 9.17) is 4.42 Å². The molecule has 0 N–H and O–H groups in total. The van der Waals surface area contributed by atoms with Crippen LogP contribution >= 0.6 is 27.3 Å². The average molecular weight is 517 g/mol. The van der Waals surface area contributed by atoms with Crippen LogP contribution in [0.3, 0.4) is 0 Å². The number of carbonyl (C=O) groups excluding carboxylic acids is 1. The fourth-order valence-electron chi connectivity index (χ4n) is 3.00. The Morgan fingerprint density at radius 1 is 1.10 bits per heavy atom. The molecule has 0 radical (unpaired) electrons. The molecule has 0 atom stereocenters. The number of amides is 1. The average Bonchev–Trinajstić information content (AvgIpc) is 3.45. The number of furan rings is 1. The third-order valence-electron chi connectivity index (χ3n) is 4.56. The predicted octanol–water partition coefficient (Wildman–Crippen LogP) is 5.49. The summed E-state index contributed by atoms with van der Waals surface area (Å²) in [5, 5.41) is 1.64. The van der Waals surface area contributed by atoms with Crippen LogP contribution in [0.25, 0.3) is 0 Å². The van der Waals surface area contributed by atoms with Crippen LogP contribution in [0, 0.1) is 6.92 Å². The highest BCUT2D eigenvalue weighted by Gasteiger charge is 2.27. The summed E-state index contributed by atoms with van der Waals surface area (Å²) < 4.78 is 32.1. The molecule has 158 valence electrons. The van der Waals surface area contributed by atoms with Crippen LogP contribution in [0.1, 0.15) is 21.0 Å². The van der Waals surface area contributed by atoms with E-state index in [0.717, 1.165) is 14.9 Å². The molecule has 0 aliphatic carbocycles. The zero-order valence-electron chi connectivity index (χ0n) is 16.4. The normalized spacial score (nSPS) is 11.4. The van der Waals surface area contributed by atoms with Crippen molar-refractivity contribution in [3.05, 3.63) is 92.9 Å². The van der Waals surface area contributed by atoms with Crippen molar-refractivity contribution in [1.29, 1.82) is 0 Å². The van der Waals surface area contributed by atoms with Crippen molar-refractivity contribution in [3.63, 3.8) is 0 Å². The number of pyridine rings is 1. The Morgan fingerprint density at radius 2 is 1.87 bits per heavy atom. The first-order chi connectivity index (χ1) is 14.9. The summed E-state index contributed by atoms with van der Waals surface area (Å²) >= 11 is 4.81. The molecule has 6 nitrogen and oxygen atoms in total. The number of anilines is 1. The minimum Gasteiger partial charge on any atom is -0.439 e. The Hall–Kier alpha value is -2.75. The van der Waals surface area contributed by atoms with E-state index in [9.17, 15) is 13.2 Å². The minimum absolute atomic E-state index is 0.0719. The van der Waals surface area contributed by atoms with E-state index in [1.807, 2.05) is 30.5 Å². The molecule has 0 aliphatic rings. The number of hydrogen-bond acceptors (Lipinski definition) is 6. The maximum atomic E-state index is 13.3. The topological polar surface area (TPSA) is 80.5 Å². The molecule has 9 heteroatoms. The van der Waals surface area contributed by atoms with E-state index in [-0.39, 0.29) is 15.7 Å². The van der Waals surface area contributed by atoms with Gasteiger partial charge in [0.05, 0.1) is 11.4 Å². The first-order valence-corrected chi connectivity index (χ1v) is 12.4. The molecule has 0 spiro atoms. The van der Waals surface area contributed by atoms with Gasteiger partial charge in [0.15, 0.2) is 5.76 Å². The van der Waals surface area contributed by atoms with Gasteiger partial charge in [0.1, 0.15) is 5.82 Å². The highest BCUT2D eigenvalue weighted by molar-refractivity contribution is 9.10. The molecule has 0 unspecified atom stereocenters. The van der Waals surface area contributed by atoms with Gasteiger partial charge in [0, 0.05) is 15.5 Å². The number of rotatable bonds is 6. The van der Waals surface area contributed by atoms with Crippen molar-refractivity contribution in [3.8, 4) is 0 Å². The molecule has 31 heavy (non-hydrogen) atoms. The molecule has 3 heterocycles. The minimum atomic E-state index is -3.89. The number of aromatic nitrogens is 1. The molecule has 3 aromatic heterocycles. The van der Waals surface area contributed by atoms with Crippen LogP contribution in [-0.4, -0.2) is 19.3 Å². The molecule has 0 saturated carbocycles. The number of thiophene rings is 1. The summed E-state index contributed by atoms with van der Waals surface area (Å²) in [6.07, 6.45) is 1.61. The molecule has 4 rings (SSSR count). The maximum Gasteiger partial charge on any atom is 0.295 e. The van der Waals surface area contributed by atoms with Gasteiger partial charge in [-0.05, 0) is 66.4 Å². The fourth-order valence-corrected chi connectivity index (χ4v) is 5.13. The van der Waals surface area contributed by atoms with Gasteiger partial charge in [-0.3, -0.25) is 9.69 Å². The van der Waals surface area contributed by atoms with Crippen LogP contribution in [0.2, 0.25) is 0 Å². The van der Waals surface area contributed by atoms with Crippen molar-refractivity contribution in [2.24, 2.45) is 0 Å². The van der Waals surface area contributed by atoms with Crippen LogP contribution in [0.5, 0.6) is 0 Å². The molecule has 0 fully saturated rings. The van der Waals surface area contributed by atoms with Gasteiger partial charge >= 0.3 is 0 Å². The molecular weight excluding hydrogens is 500 g/mol. The largest absolute Gasteiger partial charge is 0.439 e. The second kappa shape index (κ2) is 8.78. The first kappa shape index (κ1) is 21.5. The first-order valence-electron chi connectivity index (χ1n) is 9.22. The Labute approximate surface area is 192 Å². The molecule has 0 aliphatic heterocycles. The summed E-state index contributed by atoms with van der Waals surface area (Å²) in [6, 6.07) is 16.4. The van der Waals surface area contributed by atoms with E-state index in [1.165, 1.54) is 40.5 Å². The molecule has 0 bridgehead atoms. The van der Waals surface area contributed by atoms with E-state index in [0.29, 0.717) is 12.4 Å². The number of benzene rings is 1. The molecule has 1 amide bonds. The number of aryl methyl sites for hydroxylation is 1. The lowest BCUT2D eigenvalue weighted by atomic mass is 10.2. The van der Waals surface area contributed by atoms with Crippen LogP contribution < -0.4 is 4.90 Å². The SMILES string of the molecule is Cc1cccnc1N(Cc1cccs1)C(=O)c1ccc(S(=O)(=O)c2ccc(Br)cc2)o1. The Kier molecular flexibility index (Phi) is 6.08. The van der Waals surface area contributed by atoms with Gasteiger partial charge in [0.2, 0.25) is 14.9 Å². The summed E-state index contributed by atoms with van der Waals surface area (Å²) in [5.74, 6) is -0.0423. The van der Waals surface area contributed by atoms with E-state index >= 15 is 0 Å². The summed E-state index contributed by atoms with van der Waals surface area (Å²) in [5.41, 5.74) is 0.821. The van der Waals surface area contributed by atoms with Crippen LogP contribution in [0.4, 0.5) is 5.82 Å². The third-order valence-corrected chi connectivity index (χ3v) is 7.59. The number of carbonyl (C=O) groups is 1. The second-order valence-corrected chi connectivity index (χ2v) is 10.5. The highest BCUT2D eigenvalue weighted by atomic mass is 79.9. The van der Waals surface area contributed by atoms with Crippen molar-refractivity contribution >= 4 is 48.8 Å². The molecule has 1 aromatic carbocycles. The number of sulfone groups is 1. The van der Waals surface area contributed by atoms with Crippen LogP contribution in [-0.2, 0) is 16.4 Å². The van der Waals surface area contributed by atoms with Crippen molar-refractivity contribution in [2.75, 3.05) is 4.90 Å². The quantitative estimate of drug-likeness (QED) is 0.338. The van der Waals surface area contributed by atoms with Gasteiger partial charge in [-0.2, -0.15) is 0 Å². The number of hydrogen-bond donors (Lipinski definition) is 0. The Bertz CT molecular complexity index is 1310. The highest BCUT2D eigenvalue weighted by Crippen LogP contribution is 2.27. The van der Waals surface area contributed by atoms with E-state index in [1.54, 1.807) is 24.4 Å². The smallest absolute Gasteiger partial charge is 0.295 e. The van der Waals surface area contributed by atoms with Gasteiger partial charge in [-0.15, -0.1) is 11.3 Å². The summed E-state index contributed by atoms with van der Waals surface area (Å²) in [7, 11) is -3.89. The Balaban J connectivity index is 1.69. The zero-order chi connectivity index (χ0) is 22.0. The fraction of sp³-hybridized carbons (Fsp3) is 0.0909. The predicted molar refractivity (Wildman–Crippen MR) is 122 cm³/mol.